The lowest BCUT2D eigenvalue weighted by atomic mass is 10.0. The Morgan fingerprint density at radius 1 is 1.08 bits per heavy atom. The van der Waals surface area contributed by atoms with E-state index >= 15 is 0 Å². The molecule has 0 aliphatic rings. The van der Waals surface area contributed by atoms with E-state index in [2.05, 4.69) is 16.0 Å². The molecule has 26 heavy (non-hydrogen) atoms. The molecule has 9 nitrogen and oxygen atoms in total. The number of likely N-dealkylation sites (N-methyl/N-ethyl adjacent to an activating group) is 1. The number of aliphatic hydroxyl groups excluding tert-OH is 1. The number of rotatable bonds is 12. The van der Waals surface area contributed by atoms with Gasteiger partial charge in [-0.15, -0.1) is 11.8 Å². The quantitative estimate of drug-likeness (QED) is 0.237. The first-order valence-corrected chi connectivity index (χ1v) is 9.45. The van der Waals surface area contributed by atoms with Crippen molar-refractivity contribution in [2.24, 2.45) is 5.92 Å². The Labute approximate surface area is 158 Å². The van der Waals surface area contributed by atoms with E-state index in [1.54, 1.807) is 32.8 Å². The van der Waals surface area contributed by atoms with Crippen LogP contribution in [0, 0.1) is 5.92 Å². The van der Waals surface area contributed by atoms with Crippen molar-refractivity contribution in [2.75, 3.05) is 38.9 Å². The highest BCUT2D eigenvalue weighted by atomic mass is 32.2. The van der Waals surface area contributed by atoms with Crippen molar-refractivity contribution in [2.45, 2.75) is 32.9 Å². The fourth-order valence-corrected chi connectivity index (χ4v) is 2.83. The smallest absolute Gasteiger partial charge is 0.245 e. The summed E-state index contributed by atoms with van der Waals surface area (Å²) in [6.07, 6.45) is 0. The fraction of sp³-hybridized carbons (Fsp3) is 0.750. The number of ketones is 1. The second-order valence-electron chi connectivity index (χ2n) is 6.41. The van der Waals surface area contributed by atoms with Gasteiger partial charge in [-0.25, -0.2) is 0 Å². The van der Waals surface area contributed by atoms with Crippen molar-refractivity contribution in [3.05, 3.63) is 0 Å². The van der Waals surface area contributed by atoms with Crippen molar-refractivity contribution >= 4 is 35.3 Å². The summed E-state index contributed by atoms with van der Waals surface area (Å²) in [7, 11) is 3.41. The van der Waals surface area contributed by atoms with E-state index in [1.807, 2.05) is 0 Å². The van der Waals surface area contributed by atoms with Crippen LogP contribution >= 0.6 is 11.8 Å². The van der Waals surface area contributed by atoms with Gasteiger partial charge in [-0.3, -0.25) is 19.2 Å². The van der Waals surface area contributed by atoms with Crippen LogP contribution in [0.5, 0.6) is 0 Å². The molecule has 0 radical (unpaired) electrons. The second kappa shape index (κ2) is 12.7. The van der Waals surface area contributed by atoms with Gasteiger partial charge in [0.2, 0.25) is 17.7 Å². The summed E-state index contributed by atoms with van der Waals surface area (Å²) in [4.78, 5) is 48.9. The van der Waals surface area contributed by atoms with E-state index < -0.39 is 30.5 Å². The highest BCUT2D eigenvalue weighted by Gasteiger charge is 2.27. The minimum Gasteiger partial charge on any atom is -0.394 e. The number of hydrogen-bond acceptors (Lipinski definition) is 7. The standard InChI is InChI=1S/C16H30N4O5S/c1-10(2)15(24)13(8-26-9-17-11(3)22)19-16(25)12(7-21)18-14(23)6-20(4)5/h10,12-13,21H,6-9H2,1-5H3,(H,17,22)(H,18,23)(H,19,25)/t12-,13-/m0/s1. The third-order valence-corrected chi connectivity index (χ3v) is 4.15. The molecule has 0 aromatic rings. The van der Waals surface area contributed by atoms with Crippen LogP contribution in [0.3, 0.4) is 0 Å². The fourth-order valence-electron chi connectivity index (χ4n) is 1.92. The van der Waals surface area contributed by atoms with Crippen molar-refractivity contribution in [3.63, 3.8) is 0 Å². The Hall–Kier alpha value is -1.65. The molecule has 0 saturated heterocycles. The van der Waals surface area contributed by atoms with Gasteiger partial charge in [0.05, 0.1) is 25.1 Å². The molecule has 0 rings (SSSR count). The maximum atomic E-state index is 12.3. The molecule has 0 spiro atoms. The largest absolute Gasteiger partial charge is 0.394 e. The zero-order valence-corrected chi connectivity index (χ0v) is 16.8. The number of amides is 3. The molecule has 4 N–H and O–H groups in total. The summed E-state index contributed by atoms with van der Waals surface area (Å²) in [5.41, 5.74) is 0. The van der Waals surface area contributed by atoms with Crippen LogP contribution in [0.4, 0.5) is 0 Å². The van der Waals surface area contributed by atoms with Crippen LogP contribution in [-0.2, 0) is 19.2 Å². The van der Waals surface area contributed by atoms with Gasteiger partial charge in [-0.1, -0.05) is 13.8 Å². The number of thioether (sulfide) groups is 1. The average Bonchev–Trinajstić information content (AvgIpc) is 2.53. The van der Waals surface area contributed by atoms with Gasteiger partial charge in [0, 0.05) is 18.6 Å². The van der Waals surface area contributed by atoms with Crippen LogP contribution in [0.25, 0.3) is 0 Å². The van der Waals surface area contributed by atoms with E-state index in [9.17, 15) is 24.3 Å². The Morgan fingerprint density at radius 2 is 1.69 bits per heavy atom. The lowest BCUT2D eigenvalue weighted by Gasteiger charge is -2.23. The molecule has 0 fully saturated rings. The first-order valence-electron chi connectivity index (χ1n) is 8.29. The molecule has 10 heteroatoms. The maximum Gasteiger partial charge on any atom is 0.245 e. The molecule has 0 aromatic heterocycles. The normalized spacial score (nSPS) is 13.2. The zero-order valence-electron chi connectivity index (χ0n) is 16.0. The van der Waals surface area contributed by atoms with Gasteiger partial charge in [0.15, 0.2) is 5.78 Å². The molecule has 0 aliphatic carbocycles. The van der Waals surface area contributed by atoms with Crippen molar-refractivity contribution in [1.82, 2.24) is 20.9 Å². The summed E-state index contributed by atoms with van der Waals surface area (Å²) in [5.74, 6) is -1.09. The summed E-state index contributed by atoms with van der Waals surface area (Å²) in [6, 6.07) is -1.91. The van der Waals surface area contributed by atoms with Gasteiger partial charge in [-0.05, 0) is 14.1 Å². The number of aliphatic hydroxyl groups is 1. The van der Waals surface area contributed by atoms with E-state index in [0.717, 1.165) is 0 Å². The van der Waals surface area contributed by atoms with Crippen LogP contribution in [0.15, 0.2) is 0 Å². The molecular weight excluding hydrogens is 360 g/mol. The predicted molar refractivity (Wildman–Crippen MR) is 100 cm³/mol. The molecule has 0 aromatic carbocycles. The molecule has 0 aliphatic heterocycles. The Morgan fingerprint density at radius 3 is 2.15 bits per heavy atom. The molecule has 2 atom stereocenters. The summed E-state index contributed by atoms with van der Waals surface area (Å²) < 4.78 is 0. The summed E-state index contributed by atoms with van der Waals surface area (Å²) >= 11 is 1.30. The average molecular weight is 391 g/mol. The summed E-state index contributed by atoms with van der Waals surface area (Å²) in [6.45, 7) is 4.34. The number of carbonyl (C=O) groups is 4. The van der Waals surface area contributed by atoms with Crippen molar-refractivity contribution < 1.29 is 24.3 Å². The number of Topliss-reactive ketones (excluding diaryl/α,β-unsaturated/α-hetero) is 1. The molecule has 0 heterocycles. The first kappa shape index (κ1) is 24.4. The molecule has 0 saturated carbocycles. The predicted octanol–water partition coefficient (Wildman–Crippen LogP) is -1.44. The van der Waals surface area contributed by atoms with Gasteiger partial charge in [0.25, 0.3) is 0 Å². The Bertz CT molecular complexity index is 499. The third-order valence-electron chi connectivity index (χ3n) is 3.23. The lowest BCUT2D eigenvalue weighted by Crippen LogP contribution is -2.55. The van der Waals surface area contributed by atoms with Crippen LogP contribution in [0.1, 0.15) is 20.8 Å². The highest BCUT2D eigenvalue weighted by Crippen LogP contribution is 2.08. The van der Waals surface area contributed by atoms with Crippen LogP contribution in [-0.4, -0.2) is 84.5 Å². The number of nitrogens with zero attached hydrogens (tertiary/aromatic N) is 1. The van der Waals surface area contributed by atoms with E-state index in [0.29, 0.717) is 5.88 Å². The number of carbonyl (C=O) groups excluding carboxylic acids is 4. The minimum absolute atomic E-state index is 0.0741. The van der Waals surface area contributed by atoms with Crippen LogP contribution in [0.2, 0.25) is 0 Å². The molecular formula is C16H30N4O5S. The van der Waals surface area contributed by atoms with Gasteiger partial charge in [-0.2, -0.15) is 0 Å². The van der Waals surface area contributed by atoms with Crippen LogP contribution < -0.4 is 16.0 Å². The molecule has 0 bridgehead atoms. The second-order valence-corrected chi connectivity index (χ2v) is 7.44. The van der Waals surface area contributed by atoms with E-state index in [4.69, 9.17) is 0 Å². The topological polar surface area (TPSA) is 128 Å². The van der Waals surface area contributed by atoms with Crippen molar-refractivity contribution in [3.8, 4) is 0 Å². The minimum atomic E-state index is -1.13. The molecule has 0 unspecified atom stereocenters. The Kier molecular flexibility index (Phi) is 11.9. The van der Waals surface area contributed by atoms with E-state index in [1.165, 1.54) is 18.7 Å². The Balaban J connectivity index is 4.82. The third kappa shape index (κ3) is 10.4. The number of nitrogens with one attached hydrogen (secondary N) is 3. The zero-order chi connectivity index (χ0) is 20.3. The number of hydrogen-bond donors (Lipinski definition) is 4. The maximum absolute atomic E-state index is 12.3. The molecule has 3 amide bonds. The van der Waals surface area contributed by atoms with Gasteiger partial charge < -0.3 is 26.0 Å². The summed E-state index contributed by atoms with van der Waals surface area (Å²) in [5, 5.41) is 17.0. The highest BCUT2D eigenvalue weighted by molar-refractivity contribution is 7.99. The van der Waals surface area contributed by atoms with Gasteiger partial charge in [0.1, 0.15) is 6.04 Å². The first-order chi connectivity index (χ1) is 12.1. The molecule has 150 valence electrons. The van der Waals surface area contributed by atoms with E-state index in [-0.39, 0.29) is 29.9 Å². The monoisotopic (exact) mass is 390 g/mol. The van der Waals surface area contributed by atoms with Gasteiger partial charge >= 0.3 is 0 Å². The lowest BCUT2D eigenvalue weighted by molar-refractivity contribution is -0.132. The van der Waals surface area contributed by atoms with Crippen molar-refractivity contribution in [1.29, 1.82) is 0 Å². The SMILES string of the molecule is CC(=O)NCSC[C@H](NC(=O)[C@H](CO)NC(=O)CN(C)C)C(=O)C(C)C.